The number of anilines is 2. The summed E-state index contributed by atoms with van der Waals surface area (Å²) in [6.45, 7) is 2.65. The molecule has 1 aromatic carbocycles. The van der Waals surface area contributed by atoms with Crippen LogP contribution < -0.4 is 25.6 Å². The fraction of sp³-hybridized carbons (Fsp3) is 0.304. The number of hydrogen-bond acceptors (Lipinski definition) is 7. The van der Waals surface area contributed by atoms with Crippen molar-refractivity contribution in [3.05, 3.63) is 40.8 Å². The molecule has 2 aliphatic rings. The molecule has 0 spiro atoms. The largest absolute Gasteiger partial charge is 0.414 e. The standard InChI is InChI=1S/C23H22N4O6S/c1-3-16-5-7-20(34-16)33-22(31)26-23(11-18(28)24-13-23)21(30)25-15-4-6-17(14(2)10-15)27-8-9-32-12-19(27)29/h1,4-7,10H,8-9,11-13H2,2H3,(H,24,28)(H,25,30)(H,26,31). The van der Waals surface area contributed by atoms with E-state index < -0.39 is 17.5 Å². The van der Waals surface area contributed by atoms with Crippen molar-refractivity contribution in [1.29, 1.82) is 0 Å². The first kappa shape index (κ1) is 23.3. The van der Waals surface area contributed by atoms with Gasteiger partial charge in [-0.3, -0.25) is 14.4 Å². The Morgan fingerprint density at radius 1 is 1.29 bits per heavy atom. The van der Waals surface area contributed by atoms with E-state index in [1.165, 1.54) is 0 Å². The molecule has 34 heavy (non-hydrogen) atoms. The van der Waals surface area contributed by atoms with Gasteiger partial charge in [-0.2, -0.15) is 0 Å². The van der Waals surface area contributed by atoms with Gasteiger partial charge < -0.3 is 30.3 Å². The zero-order valence-electron chi connectivity index (χ0n) is 18.3. The molecule has 2 fully saturated rings. The number of terminal acetylenes is 1. The number of nitrogens with zero attached hydrogens (tertiary/aromatic N) is 1. The Kier molecular flexibility index (Phi) is 6.54. The quantitative estimate of drug-likeness (QED) is 0.553. The van der Waals surface area contributed by atoms with Gasteiger partial charge in [0.15, 0.2) is 5.06 Å². The summed E-state index contributed by atoms with van der Waals surface area (Å²) in [5, 5.41) is 8.13. The molecule has 4 rings (SSSR count). The first-order valence-corrected chi connectivity index (χ1v) is 11.2. The fourth-order valence-corrected chi connectivity index (χ4v) is 4.44. The Morgan fingerprint density at radius 3 is 2.76 bits per heavy atom. The van der Waals surface area contributed by atoms with E-state index >= 15 is 0 Å². The van der Waals surface area contributed by atoms with Crippen LogP contribution in [0.5, 0.6) is 5.06 Å². The number of hydrogen-bond donors (Lipinski definition) is 3. The minimum absolute atomic E-state index is 0.0266. The first-order chi connectivity index (χ1) is 16.3. The van der Waals surface area contributed by atoms with Crippen molar-refractivity contribution in [3.63, 3.8) is 0 Å². The van der Waals surface area contributed by atoms with Gasteiger partial charge in [0.1, 0.15) is 12.1 Å². The number of benzene rings is 1. The predicted molar refractivity (Wildman–Crippen MR) is 125 cm³/mol. The van der Waals surface area contributed by atoms with E-state index in [2.05, 4.69) is 21.9 Å². The van der Waals surface area contributed by atoms with Crippen molar-refractivity contribution < 1.29 is 28.7 Å². The molecule has 176 valence electrons. The molecule has 4 amide bonds. The Balaban J connectivity index is 1.47. The van der Waals surface area contributed by atoms with Crippen LogP contribution in [-0.2, 0) is 19.1 Å². The predicted octanol–water partition coefficient (Wildman–Crippen LogP) is 1.39. The minimum atomic E-state index is -1.53. The lowest BCUT2D eigenvalue weighted by atomic mass is 9.97. The van der Waals surface area contributed by atoms with Crippen molar-refractivity contribution in [2.45, 2.75) is 18.9 Å². The lowest BCUT2D eigenvalue weighted by Crippen LogP contribution is -2.58. The summed E-state index contributed by atoms with van der Waals surface area (Å²) in [4.78, 5) is 52.0. The van der Waals surface area contributed by atoms with Gasteiger partial charge in [0.05, 0.1) is 24.4 Å². The second-order valence-electron chi connectivity index (χ2n) is 7.87. The molecule has 1 atom stereocenters. The number of rotatable bonds is 5. The number of amides is 4. The molecule has 11 heteroatoms. The first-order valence-electron chi connectivity index (χ1n) is 10.4. The van der Waals surface area contributed by atoms with Crippen LogP contribution in [0.1, 0.15) is 16.9 Å². The van der Waals surface area contributed by atoms with Crippen LogP contribution in [0.25, 0.3) is 0 Å². The molecule has 3 heterocycles. The van der Waals surface area contributed by atoms with Gasteiger partial charge in [-0.1, -0.05) is 17.3 Å². The number of ether oxygens (including phenoxy) is 2. The number of thiophene rings is 1. The molecule has 0 bridgehead atoms. The highest BCUT2D eigenvalue weighted by molar-refractivity contribution is 7.14. The summed E-state index contributed by atoms with van der Waals surface area (Å²) in [7, 11) is 0. The second-order valence-corrected chi connectivity index (χ2v) is 8.91. The normalized spacial score (nSPS) is 19.8. The Bertz CT molecular complexity index is 1200. The van der Waals surface area contributed by atoms with Gasteiger partial charge in [0, 0.05) is 17.9 Å². The van der Waals surface area contributed by atoms with Gasteiger partial charge in [-0.15, -0.1) is 6.42 Å². The van der Waals surface area contributed by atoms with E-state index in [0.29, 0.717) is 23.7 Å². The van der Waals surface area contributed by atoms with Crippen LogP contribution in [0.15, 0.2) is 30.3 Å². The van der Waals surface area contributed by atoms with Crippen LogP contribution in [0, 0.1) is 19.3 Å². The molecular formula is C23H22N4O6S. The van der Waals surface area contributed by atoms with Gasteiger partial charge in [0.25, 0.3) is 11.8 Å². The molecule has 1 aromatic heterocycles. The number of carbonyl (C=O) groups excluding carboxylic acids is 4. The number of carbonyl (C=O) groups is 4. The maximum Gasteiger partial charge on any atom is 0.414 e. The van der Waals surface area contributed by atoms with Crippen molar-refractivity contribution in [2.24, 2.45) is 0 Å². The maximum atomic E-state index is 13.2. The van der Waals surface area contributed by atoms with Crippen LogP contribution in [0.2, 0.25) is 0 Å². The summed E-state index contributed by atoms with van der Waals surface area (Å²) in [6.07, 6.45) is 4.20. The van der Waals surface area contributed by atoms with Gasteiger partial charge in [0.2, 0.25) is 5.91 Å². The average Bonchev–Trinajstić information content (AvgIpc) is 3.41. The monoisotopic (exact) mass is 482 g/mol. The number of nitrogens with one attached hydrogen (secondary N) is 3. The summed E-state index contributed by atoms with van der Waals surface area (Å²) in [5.41, 5.74) is 0.421. The fourth-order valence-electron chi connectivity index (χ4n) is 3.78. The summed E-state index contributed by atoms with van der Waals surface area (Å²) in [6, 6.07) is 8.30. The molecule has 2 aliphatic heterocycles. The van der Waals surface area contributed by atoms with Crippen molar-refractivity contribution in [1.82, 2.24) is 10.6 Å². The smallest absolute Gasteiger partial charge is 0.399 e. The van der Waals surface area contributed by atoms with Crippen molar-refractivity contribution >= 4 is 46.5 Å². The zero-order valence-corrected chi connectivity index (χ0v) is 19.1. The third-order valence-electron chi connectivity index (χ3n) is 5.47. The molecule has 1 unspecified atom stereocenters. The van der Waals surface area contributed by atoms with E-state index in [9.17, 15) is 19.2 Å². The summed E-state index contributed by atoms with van der Waals surface area (Å²) >= 11 is 1.11. The Labute approximate surface area is 199 Å². The lowest BCUT2D eigenvalue weighted by Gasteiger charge is -2.29. The zero-order chi connectivity index (χ0) is 24.3. The van der Waals surface area contributed by atoms with Gasteiger partial charge in [-0.05, 0) is 42.8 Å². The molecular weight excluding hydrogens is 460 g/mol. The van der Waals surface area contributed by atoms with E-state index in [-0.39, 0.29) is 36.5 Å². The molecule has 0 saturated carbocycles. The van der Waals surface area contributed by atoms with Crippen LogP contribution in [-0.4, -0.2) is 55.7 Å². The number of aryl methyl sites for hydroxylation is 1. The molecule has 2 aromatic rings. The Hall–Kier alpha value is -3.88. The van der Waals surface area contributed by atoms with Crippen molar-refractivity contribution in [2.75, 3.05) is 36.5 Å². The van der Waals surface area contributed by atoms with E-state index in [0.717, 1.165) is 22.6 Å². The molecule has 10 nitrogen and oxygen atoms in total. The minimum Gasteiger partial charge on any atom is -0.399 e. The van der Waals surface area contributed by atoms with Gasteiger partial charge in [-0.25, -0.2) is 4.79 Å². The van der Waals surface area contributed by atoms with E-state index in [1.807, 2.05) is 6.92 Å². The average molecular weight is 483 g/mol. The van der Waals surface area contributed by atoms with Crippen LogP contribution in [0.4, 0.5) is 16.2 Å². The third-order valence-corrected chi connectivity index (χ3v) is 6.37. The maximum absolute atomic E-state index is 13.2. The molecule has 0 aliphatic carbocycles. The number of morpholine rings is 1. The highest BCUT2D eigenvalue weighted by atomic mass is 32.1. The van der Waals surface area contributed by atoms with Crippen LogP contribution >= 0.6 is 11.3 Å². The van der Waals surface area contributed by atoms with E-state index in [4.69, 9.17) is 15.9 Å². The Morgan fingerprint density at radius 2 is 2.12 bits per heavy atom. The summed E-state index contributed by atoms with van der Waals surface area (Å²) in [5.74, 6) is 1.36. The van der Waals surface area contributed by atoms with E-state index in [1.54, 1.807) is 35.2 Å². The van der Waals surface area contributed by atoms with Crippen molar-refractivity contribution in [3.8, 4) is 17.4 Å². The highest BCUT2D eigenvalue weighted by Gasteiger charge is 2.47. The lowest BCUT2D eigenvalue weighted by molar-refractivity contribution is -0.125. The molecule has 3 N–H and O–H groups in total. The summed E-state index contributed by atoms with van der Waals surface area (Å²) < 4.78 is 10.4. The van der Waals surface area contributed by atoms with Gasteiger partial charge >= 0.3 is 6.09 Å². The highest BCUT2D eigenvalue weighted by Crippen LogP contribution is 2.27. The molecule has 0 radical (unpaired) electrons. The van der Waals surface area contributed by atoms with Crippen LogP contribution in [0.3, 0.4) is 0 Å². The molecule has 2 saturated heterocycles. The SMILES string of the molecule is C#Cc1ccc(OC(=O)NC2(C(=O)Nc3ccc(N4CCOCC4=O)c(C)c3)CNC(=O)C2)s1. The second kappa shape index (κ2) is 9.54. The third kappa shape index (κ3) is 4.88. The topological polar surface area (TPSA) is 126 Å².